The molecule has 2 rings (SSSR count). The Bertz CT molecular complexity index is 539. The number of carbonyl (C=O) groups is 1. The van der Waals surface area contributed by atoms with Gasteiger partial charge in [0.05, 0.1) is 11.6 Å². The van der Waals surface area contributed by atoms with E-state index in [1.165, 1.54) is 12.8 Å². The molecule has 3 heteroatoms. The lowest BCUT2D eigenvalue weighted by Crippen LogP contribution is -2.47. The molecule has 1 aliphatic carbocycles. The van der Waals surface area contributed by atoms with Crippen LogP contribution in [0.5, 0.6) is 0 Å². The zero-order valence-corrected chi connectivity index (χ0v) is 12.2. The fraction of sp³-hybridized carbons (Fsp3) is 0.471. The summed E-state index contributed by atoms with van der Waals surface area (Å²) in [5.41, 5.74) is 0.577. The van der Waals surface area contributed by atoms with Gasteiger partial charge in [-0.3, -0.25) is 4.79 Å². The number of hydrogen-bond donors (Lipinski definition) is 2. The summed E-state index contributed by atoms with van der Waals surface area (Å²) in [4.78, 5) is 12.0. The normalized spacial score (nSPS) is 16.0. The number of rotatable bonds is 3. The second-order valence-electron chi connectivity index (χ2n) is 5.97. The molecule has 0 unspecified atom stereocenters. The van der Waals surface area contributed by atoms with Crippen LogP contribution in [0.1, 0.15) is 49.5 Å². The molecular formula is C17H21NO2. The minimum absolute atomic E-state index is 0.179. The van der Waals surface area contributed by atoms with E-state index in [2.05, 4.69) is 17.2 Å². The summed E-state index contributed by atoms with van der Waals surface area (Å²) in [7, 11) is 0. The van der Waals surface area contributed by atoms with Crippen LogP contribution in [0.3, 0.4) is 0 Å². The summed E-state index contributed by atoms with van der Waals surface area (Å²) in [6.07, 6.45) is 2.42. The lowest BCUT2D eigenvalue weighted by Gasteiger charge is -2.26. The zero-order valence-electron chi connectivity index (χ0n) is 12.2. The van der Waals surface area contributed by atoms with Gasteiger partial charge in [0.15, 0.2) is 0 Å². The van der Waals surface area contributed by atoms with E-state index in [-0.39, 0.29) is 11.9 Å². The third kappa shape index (κ3) is 4.11. The molecule has 106 valence electrons. The second kappa shape index (κ2) is 5.68. The highest BCUT2D eigenvalue weighted by atomic mass is 16.3. The Labute approximate surface area is 120 Å². The molecule has 0 bridgehead atoms. The lowest BCUT2D eigenvalue weighted by atomic mass is 10.0. The molecule has 20 heavy (non-hydrogen) atoms. The highest BCUT2D eigenvalue weighted by Gasteiger charge is 2.24. The van der Waals surface area contributed by atoms with Crippen LogP contribution in [0.25, 0.3) is 0 Å². The summed E-state index contributed by atoms with van der Waals surface area (Å²) in [6, 6.07) is 6.94. The van der Waals surface area contributed by atoms with E-state index in [4.69, 9.17) is 0 Å². The van der Waals surface area contributed by atoms with Crippen molar-refractivity contribution in [1.82, 2.24) is 5.32 Å². The van der Waals surface area contributed by atoms with E-state index in [1.54, 1.807) is 32.9 Å². The predicted molar refractivity (Wildman–Crippen MR) is 79.3 cm³/mol. The van der Waals surface area contributed by atoms with Crippen LogP contribution in [0.4, 0.5) is 0 Å². The summed E-state index contributed by atoms with van der Waals surface area (Å²) in [6.45, 7) is 5.14. The number of carbonyl (C=O) groups excluding carboxylic acids is 1. The average Bonchev–Trinajstić information content (AvgIpc) is 3.19. The van der Waals surface area contributed by atoms with Gasteiger partial charge in [-0.25, -0.2) is 0 Å². The summed E-state index contributed by atoms with van der Waals surface area (Å²) in [5, 5.41) is 12.6. The van der Waals surface area contributed by atoms with E-state index in [0.717, 1.165) is 5.56 Å². The van der Waals surface area contributed by atoms with E-state index in [1.807, 2.05) is 12.1 Å². The van der Waals surface area contributed by atoms with Crippen molar-refractivity contribution >= 4 is 5.91 Å². The first-order valence-corrected chi connectivity index (χ1v) is 7.01. The van der Waals surface area contributed by atoms with Crippen LogP contribution in [0.15, 0.2) is 24.3 Å². The average molecular weight is 271 g/mol. The molecule has 3 nitrogen and oxygen atoms in total. The van der Waals surface area contributed by atoms with Crippen molar-refractivity contribution in [3.05, 3.63) is 35.4 Å². The first-order valence-electron chi connectivity index (χ1n) is 7.01. The van der Waals surface area contributed by atoms with Crippen LogP contribution in [0, 0.1) is 17.8 Å². The van der Waals surface area contributed by atoms with Gasteiger partial charge in [0, 0.05) is 17.0 Å². The summed E-state index contributed by atoms with van der Waals surface area (Å²) >= 11 is 0. The van der Waals surface area contributed by atoms with E-state index in [9.17, 15) is 9.90 Å². The molecular weight excluding hydrogens is 250 g/mol. The molecule has 1 aliphatic rings. The Morgan fingerprint density at radius 1 is 1.35 bits per heavy atom. The predicted octanol–water partition coefficient (Wildman–Crippen LogP) is 2.34. The van der Waals surface area contributed by atoms with Gasteiger partial charge in [-0.05, 0) is 57.9 Å². The Kier molecular flexibility index (Phi) is 4.15. The van der Waals surface area contributed by atoms with Crippen molar-refractivity contribution in [2.75, 3.05) is 0 Å². The number of benzene rings is 1. The minimum Gasteiger partial charge on any atom is -0.388 e. The highest BCUT2D eigenvalue weighted by Crippen LogP contribution is 2.27. The molecule has 1 fully saturated rings. The molecule has 0 heterocycles. The number of amides is 1. The third-order valence-corrected chi connectivity index (χ3v) is 3.55. The van der Waals surface area contributed by atoms with Gasteiger partial charge < -0.3 is 10.4 Å². The number of nitrogens with one attached hydrogen (secondary N) is 1. The first kappa shape index (κ1) is 14.6. The van der Waals surface area contributed by atoms with Crippen LogP contribution in [-0.4, -0.2) is 22.7 Å². The largest absolute Gasteiger partial charge is 0.388 e. The summed E-state index contributed by atoms with van der Waals surface area (Å²) < 4.78 is 0. The van der Waals surface area contributed by atoms with Crippen molar-refractivity contribution in [3.8, 4) is 11.8 Å². The molecule has 0 saturated heterocycles. The fourth-order valence-electron chi connectivity index (χ4n) is 1.57. The molecule has 1 aromatic rings. The van der Waals surface area contributed by atoms with E-state index < -0.39 is 5.60 Å². The smallest absolute Gasteiger partial charge is 0.251 e. The van der Waals surface area contributed by atoms with Gasteiger partial charge in [-0.2, -0.15) is 0 Å². The van der Waals surface area contributed by atoms with Crippen LogP contribution < -0.4 is 5.32 Å². The number of aliphatic hydroxyl groups is 1. The van der Waals surface area contributed by atoms with Gasteiger partial charge >= 0.3 is 0 Å². The van der Waals surface area contributed by atoms with Crippen molar-refractivity contribution in [2.45, 2.75) is 45.3 Å². The van der Waals surface area contributed by atoms with Crippen molar-refractivity contribution in [3.63, 3.8) is 0 Å². The molecule has 0 radical (unpaired) electrons. The Morgan fingerprint density at radius 2 is 1.95 bits per heavy atom. The Hall–Kier alpha value is -1.79. The molecule has 2 N–H and O–H groups in total. The van der Waals surface area contributed by atoms with Crippen LogP contribution in [-0.2, 0) is 0 Å². The van der Waals surface area contributed by atoms with Crippen molar-refractivity contribution in [2.24, 2.45) is 5.92 Å². The maximum atomic E-state index is 12.0. The topological polar surface area (TPSA) is 49.3 Å². The molecule has 0 aliphatic heterocycles. The monoisotopic (exact) mass is 271 g/mol. The maximum Gasteiger partial charge on any atom is 0.251 e. The van der Waals surface area contributed by atoms with Gasteiger partial charge in [0.1, 0.15) is 0 Å². The Balaban J connectivity index is 1.99. The molecule has 0 aromatic heterocycles. The molecule has 1 saturated carbocycles. The molecule has 1 atom stereocenters. The third-order valence-electron chi connectivity index (χ3n) is 3.55. The van der Waals surface area contributed by atoms with E-state index >= 15 is 0 Å². The maximum absolute atomic E-state index is 12.0. The van der Waals surface area contributed by atoms with Gasteiger partial charge in [-0.1, -0.05) is 11.8 Å². The Morgan fingerprint density at radius 3 is 2.45 bits per heavy atom. The zero-order chi connectivity index (χ0) is 14.8. The van der Waals surface area contributed by atoms with Gasteiger partial charge in [0.2, 0.25) is 0 Å². The van der Waals surface area contributed by atoms with Crippen molar-refractivity contribution in [1.29, 1.82) is 0 Å². The highest BCUT2D eigenvalue weighted by molar-refractivity contribution is 5.94. The van der Waals surface area contributed by atoms with E-state index in [0.29, 0.717) is 11.5 Å². The second-order valence-corrected chi connectivity index (χ2v) is 5.97. The minimum atomic E-state index is -0.939. The first-order chi connectivity index (χ1) is 9.36. The summed E-state index contributed by atoms with van der Waals surface area (Å²) in [5.74, 6) is 6.70. The SMILES string of the molecule is C[C@@H](NC(=O)c1ccc(C#CC2CC2)cc1)C(C)(C)O. The fourth-order valence-corrected chi connectivity index (χ4v) is 1.57. The van der Waals surface area contributed by atoms with Gasteiger partial charge in [-0.15, -0.1) is 0 Å². The lowest BCUT2D eigenvalue weighted by molar-refractivity contribution is 0.0409. The standard InChI is InChI=1S/C17H21NO2/c1-12(17(2,3)20)18-16(19)15-10-8-14(9-11-15)7-6-13-4-5-13/h8-13,20H,4-5H2,1-3H3,(H,18,19)/t12-/m1/s1. The number of hydrogen-bond acceptors (Lipinski definition) is 2. The van der Waals surface area contributed by atoms with Crippen molar-refractivity contribution < 1.29 is 9.90 Å². The van der Waals surface area contributed by atoms with Crippen LogP contribution >= 0.6 is 0 Å². The molecule has 1 aromatic carbocycles. The molecule has 0 spiro atoms. The van der Waals surface area contributed by atoms with Gasteiger partial charge in [0.25, 0.3) is 5.91 Å². The molecule has 1 amide bonds. The quantitative estimate of drug-likeness (QED) is 0.829. The van der Waals surface area contributed by atoms with Crippen LogP contribution in [0.2, 0.25) is 0 Å².